The molecule has 8 nitrogen and oxygen atoms in total. The first-order chi connectivity index (χ1) is 16.6. The first kappa shape index (κ1) is 24.5. The second-order valence-corrected chi connectivity index (χ2v) is 9.22. The standard InChI is InChI=1S/C26H38N4O4/c1-3-33-22-13-9-8-12-20(22)24-23(25(31)34-4-2)21(27-26(32)28-24)18-29-14-16-30(17-15-29)19-10-6-5-7-11-19/h8-9,12-13,19,24H,3-7,10-11,14-18H2,1-2H3,(H2,27,28,32)/t24-/m1/s1. The summed E-state index contributed by atoms with van der Waals surface area (Å²) < 4.78 is 11.2. The van der Waals surface area contributed by atoms with Gasteiger partial charge in [0.1, 0.15) is 5.75 Å². The number of amides is 2. The number of carbonyl (C=O) groups excluding carboxylic acids is 2. The highest BCUT2D eigenvalue weighted by Gasteiger charge is 2.36. The Hall–Kier alpha value is -2.58. The molecule has 0 bridgehead atoms. The number of nitrogens with zero attached hydrogens (tertiary/aromatic N) is 2. The van der Waals surface area contributed by atoms with E-state index in [1.54, 1.807) is 6.92 Å². The van der Waals surface area contributed by atoms with E-state index in [4.69, 9.17) is 9.47 Å². The van der Waals surface area contributed by atoms with Gasteiger partial charge in [0.25, 0.3) is 0 Å². The van der Waals surface area contributed by atoms with E-state index in [1.165, 1.54) is 32.1 Å². The third kappa shape index (κ3) is 5.73. The summed E-state index contributed by atoms with van der Waals surface area (Å²) in [6.45, 7) is 8.85. The van der Waals surface area contributed by atoms with Crippen molar-refractivity contribution in [2.24, 2.45) is 0 Å². The molecule has 1 atom stereocenters. The van der Waals surface area contributed by atoms with Crippen LogP contribution in [0.3, 0.4) is 0 Å². The number of para-hydroxylation sites is 1. The van der Waals surface area contributed by atoms with E-state index in [-0.39, 0.29) is 12.6 Å². The Morgan fingerprint density at radius 2 is 1.76 bits per heavy atom. The van der Waals surface area contributed by atoms with Crippen LogP contribution in [0, 0.1) is 0 Å². The second kappa shape index (κ2) is 11.7. The summed E-state index contributed by atoms with van der Waals surface area (Å²) in [6, 6.07) is 7.29. The van der Waals surface area contributed by atoms with Gasteiger partial charge in [-0.15, -0.1) is 0 Å². The molecule has 1 aromatic rings. The van der Waals surface area contributed by atoms with Crippen molar-refractivity contribution in [3.8, 4) is 5.75 Å². The first-order valence-electron chi connectivity index (χ1n) is 12.8. The molecular weight excluding hydrogens is 432 g/mol. The SMILES string of the molecule is CCOC(=O)C1=C(CN2CCN(C3CCCCC3)CC2)NC(=O)N[C@@H]1c1ccccc1OCC. The number of benzene rings is 1. The van der Waals surface area contributed by atoms with Crippen LogP contribution >= 0.6 is 0 Å². The molecule has 2 fully saturated rings. The van der Waals surface area contributed by atoms with Crippen molar-refractivity contribution in [3.63, 3.8) is 0 Å². The van der Waals surface area contributed by atoms with Crippen molar-refractivity contribution in [1.82, 2.24) is 20.4 Å². The fourth-order valence-corrected chi connectivity index (χ4v) is 5.39. The molecule has 2 N–H and O–H groups in total. The topological polar surface area (TPSA) is 83.1 Å². The number of hydrogen-bond acceptors (Lipinski definition) is 6. The van der Waals surface area contributed by atoms with Crippen LogP contribution < -0.4 is 15.4 Å². The van der Waals surface area contributed by atoms with Gasteiger partial charge in [-0.05, 0) is 32.8 Å². The highest BCUT2D eigenvalue weighted by atomic mass is 16.5. The molecule has 1 aromatic carbocycles. The van der Waals surface area contributed by atoms with Gasteiger partial charge in [-0.3, -0.25) is 9.80 Å². The van der Waals surface area contributed by atoms with Gasteiger partial charge >= 0.3 is 12.0 Å². The summed E-state index contributed by atoms with van der Waals surface area (Å²) in [5, 5.41) is 5.83. The third-order valence-electron chi connectivity index (χ3n) is 7.06. The smallest absolute Gasteiger partial charge is 0.338 e. The molecule has 3 aliphatic rings. The Morgan fingerprint density at radius 3 is 2.47 bits per heavy atom. The van der Waals surface area contributed by atoms with Crippen LogP contribution in [0.15, 0.2) is 35.5 Å². The number of carbonyl (C=O) groups is 2. The van der Waals surface area contributed by atoms with E-state index in [9.17, 15) is 9.59 Å². The van der Waals surface area contributed by atoms with Crippen LogP contribution in [0.1, 0.15) is 57.6 Å². The number of piperazine rings is 1. The van der Waals surface area contributed by atoms with E-state index in [2.05, 4.69) is 20.4 Å². The Kier molecular flexibility index (Phi) is 8.45. The lowest BCUT2D eigenvalue weighted by Gasteiger charge is -2.41. The largest absolute Gasteiger partial charge is 0.494 e. The molecule has 0 spiro atoms. The summed E-state index contributed by atoms with van der Waals surface area (Å²) in [6.07, 6.45) is 6.65. The molecule has 2 heterocycles. The van der Waals surface area contributed by atoms with Crippen molar-refractivity contribution in [1.29, 1.82) is 0 Å². The summed E-state index contributed by atoms with van der Waals surface area (Å²) in [4.78, 5) is 30.8. The fourth-order valence-electron chi connectivity index (χ4n) is 5.39. The lowest BCUT2D eigenvalue weighted by molar-refractivity contribution is -0.139. The molecule has 2 aliphatic heterocycles. The highest BCUT2D eigenvalue weighted by molar-refractivity contribution is 5.95. The molecule has 186 valence electrons. The molecule has 0 unspecified atom stereocenters. The van der Waals surface area contributed by atoms with E-state index in [0.717, 1.165) is 31.7 Å². The van der Waals surface area contributed by atoms with Crippen LogP contribution in [0.4, 0.5) is 4.79 Å². The predicted molar refractivity (Wildman–Crippen MR) is 131 cm³/mol. The minimum atomic E-state index is -0.630. The maximum Gasteiger partial charge on any atom is 0.338 e. The van der Waals surface area contributed by atoms with E-state index in [0.29, 0.717) is 36.2 Å². The normalized spacial score (nSPS) is 22.8. The van der Waals surface area contributed by atoms with Gasteiger partial charge in [0.15, 0.2) is 0 Å². The molecule has 4 rings (SSSR count). The molecule has 1 saturated heterocycles. The van der Waals surface area contributed by atoms with Crippen LogP contribution in [-0.4, -0.2) is 73.8 Å². The first-order valence-corrected chi connectivity index (χ1v) is 12.8. The maximum atomic E-state index is 13.1. The number of ether oxygens (including phenoxy) is 2. The number of rotatable bonds is 8. The van der Waals surface area contributed by atoms with Crippen LogP contribution in [0.2, 0.25) is 0 Å². The summed E-state index contributed by atoms with van der Waals surface area (Å²) in [5.41, 5.74) is 1.81. The fraction of sp³-hybridized carbons (Fsp3) is 0.615. The van der Waals surface area contributed by atoms with Crippen molar-refractivity contribution < 1.29 is 19.1 Å². The van der Waals surface area contributed by atoms with Crippen LogP contribution in [0.25, 0.3) is 0 Å². The van der Waals surface area contributed by atoms with E-state index >= 15 is 0 Å². The molecule has 0 radical (unpaired) electrons. The Morgan fingerprint density at radius 1 is 1.03 bits per heavy atom. The van der Waals surface area contributed by atoms with Gasteiger partial charge in [0, 0.05) is 50.0 Å². The van der Waals surface area contributed by atoms with Crippen molar-refractivity contribution in [2.45, 2.75) is 58.0 Å². The Bertz CT molecular complexity index is 889. The Labute approximate surface area is 202 Å². The van der Waals surface area contributed by atoms with Crippen LogP contribution in [-0.2, 0) is 9.53 Å². The quantitative estimate of drug-likeness (QED) is 0.568. The maximum absolute atomic E-state index is 13.1. The third-order valence-corrected chi connectivity index (χ3v) is 7.06. The Balaban J connectivity index is 1.56. The van der Waals surface area contributed by atoms with Gasteiger partial charge in [-0.25, -0.2) is 9.59 Å². The monoisotopic (exact) mass is 470 g/mol. The van der Waals surface area contributed by atoms with Gasteiger partial charge in [0.05, 0.1) is 24.8 Å². The van der Waals surface area contributed by atoms with Crippen molar-refractivity contribution in [2.75, 3.05) is 45.9 Å². The highest BCUT2D eigenvalue weighted by Crippen LogP contribution is 2.34. The molecule has 1 saturated carbocycles. The van der Waals surface area contributed by atoms with Crippen molar-refractivity contribution in [3.05, 3.63) is 41.1 Å². The number of esters is 1. The van der Waals surface area contributed by atoms with Gasteiger partial charge in [0.2, 0.25) is 0 Å². The molecule has 0 aromatic heterocycles. The molecular formula is C26H38N4O4. The lowest BCUT2D eigenvalue weighted by atomic mass is 9.93. The minimum Gasteiger partial charge on any atom is -0.494 e. The number of nitrogens with one attached hydrogen (secondary N) is 2. The zero-order valence-electron chi connectivity index (χ0n) is 20.5. The molecule has 8 heteroatoms. The van der Waals surface area contributed by atoms with Gasteiger partial charge in [-0.1, -0.05) is 37.5 Å². The zero-order chi connectivity index (χ0) is 23.9. The van der Waals surface area contributed by atoms with Gasteiger partial charge in [-0.2, -0.15) is 0 Å². The average Bonchev–Trinajstić information content (AvgIpc) is 2.85. The second-order valence-electron chi connectivity index (χ2n) is 9.22. The summed E-state index contributed by atoms with van der Waals surface area (Å²) in [7, 11) is 0. The zero-order valence-corrected chi connectivity index (χ0v) is 20.5. The molecule has 2 amide bonds. The molecule has 34 heavy (non-hydrogen) atoms. The average molecular weight is 471 g/mol. The van der Waals surface area contributed by atoms with Crippen LogP contribution in [0.5, 0.6) is 5.75 Å². The number of urea groups is 1. The summed E-state index contributed by atoms with van der Waals surface area (Å²) >= 11 is 0. The molecule has 1 aliphatic carbocycles. The lowest BCUT2D eigenvalue weighted by Crippen LogP contribution is -2.53. The van der Waals surface area contributed by atoms with E-state index in [1.807, 2.05) is 31.2 Å². The van der Waals surface area contributed by atoms with E-state index < -0.39 is 12.0 Å². The minimum absolute atomic E-state index is 0.267. The van der Waals surface area contributed by atoms with Gasteiger partial charge < -0.3 is 20.1 Å². The predicted octanol–water partition coefficient (Wildman–Crippen LogP) is 3.21. The number of hydrogen-bond donors (Lipinski definition) is 2. The summed E-state index contributed by atoms with van der Waals surface area (Å²) in [5.74, 6) is 0.238. The van der Waals surface area contributed by atoms with Crippen molar-refractivity contribution >= 4 is 12.0 Å².